The van der Waals surface area contributed by atoms with Gasteiger partial charge in [0, 0.05) is 45.5 Å². The van der Waals surface area contributed by atoms with E-state index in [4.69, 9.17) is 9.74 Å². The van der Waals surface area contributed by atoms with E-state index in [0.717, 1.165) is 24.6 Å². The highest BCUT2D eigenvalue weighted by Gasteiger charge is 2.29. The number of benzene rings is 1. The molecule has 1 aliphatic rings. The zero-order valence-corrected chi connectivity index (χ0v) is 15.7. The van der Waals surface area contributed by atoms with Crippen LogP contribution in [0.5, 0.6) is 0 Å². The Morgan fingerprint density at radius 1 is 1.17 bits per heavy atom. The number of piperazine rings is 1. The van der Waals surface area contributed by atoms with Gasteiger partial charge in [-0.05, 0) is 34.9 Å². The van der Waals surface area contributed by atoms with Crippen molar-refractivity contribution < 1.29 is 14.7 Å². The van der Waals surface area contributed by atoms with Crippen molar-refractivity contribution in [3.05, 3.63) is 40.6 Å². The van der Waals surface area contributed by atoms with Gasteiger partial charge >= 0.3 is 5.69 Å². The lowest BCUT2D eigenvalue weighted by Gasteiger charge is -2.36. The molecule has 0 spiro atoms. The van der Waals surface area contributed by atoms with Gasteiger partial charge in [-0.3, -0.25) is 10.1 Å². The summed E-state index contributed by atoms with van der Waals surface area (Å²) in [4.78, 5) is 19.9. The number of anilines is 3. The SMILES string of the molecule is O=[N+]([O-])c1c(NCCCO)cc(N2CCN(c3ccccn3)CC2)c2nonc12. The first-order valence-corrected chi connectivity index (χ1v) is 9.38. The van der Waals surface area contributed by atoms with Gasteiger partial charge in [-0.2, -0.15) is 0 Å². The molecule has 1 saturated heterocycles. The van der Waals surface area contributed by atoms with Crippen molar-refractivity contribution in [2.75, 3.05) is 54.4 Å². The Labute approximate surface area is 166 Å². The number of hydrogen-bond acceptors (Lipinski definition) is 10. The number of aromatic nitrogens is 3. The number of nitrogens with one attached hydrogen (secondary N) is 1. The third-order valence-corrected chi connectivity index (χ3v) is 4.92. The molecular weight excluding hydrogens is 378 g/mol. The van der Waals surface area contributed by atoms with Crippen molar-refractivity contribution in [2.24, 2.45) is 0 Å². The third-order valence-electron chi connectivity index (χ3n) is 4.92. The molecule has 0 unspecified atom stereocenters. The van der Waals surface area contributed by atoms with Crippen LogP contribution in [-0.2, 0) is 0 Å². The molecule has 0 saturated carbocycles. The van der Waals surface area contributed by atoms with E-state index < -0.39 is 4.92 Å². The molecule has 0 bridgehead atoms. The van der Waals surface area contributed by atoms with Gasteiger partial charge in [-0.1, -0.05) is 6.07 Å². The maximum Gasteiger partial charge on any atom is 0.323 e. The summed E-state index contributed by atoms with van der Waals surface area (Å²) < 4.78 is 4.84. The Balaban J connectivity index is 1.63. The molecule has 3 heterocycles. The van der Waals surface area contributed by atoms with Crippen LogP contribution < -0.4 is 15.1 Å². The number of aliphatic hydroxyl groups is 1. The first kappa shape index (κ1) is 18.9. The van der Waals surface area contributed by atoms with Crippen molar-refractivity contribution in [3.8, 4) is 0 Å². The molecule has 0 radical (unpaired) electrons. The highest BCUT2D eigenvalue weighted by atomic mass is 16.6. The zero-order valence-electron chi connectivity index (χ0n) is 15.7. The zero-order chi connectivity index (χ0) is 20.2. The fourth-order valence-corrected chi connectivity index (χ4v) is 3.49. The minimum Gasteiger partial charge on any atom is -0.396 e. The van der Waals surface area contributed by atoms with E-state index in [1.165, 1.54) is 0 Å². The Hall–Kier alpha value is -3.47. The van der Waals surface area contributed by atoms with E-state index >= 15 is 0 Å². The van der Waals surface area contributed by atoms with Crippen molar-refractivity contribution in [2.45, 2.75) is 6.42 Å². The van der Waals surface area contributed by atoms with Crippen LogP contribution in [0, 0.1) is 10.1 Å². The van der Waals surface area contributed by atoms with Gasteiger partial charge in [-0.15, -0.1) is 0 Å². The fraction of sp³-hybridized carbons (Fsp3) is 0.389. The van der Waals surface area contributed by atoms with Gasteiger partial charge in [0.05, 0.1) is 10.6 Å². The number of nitrogens with zero attached hydrogens (tertiary/aromatic N) is 6. The normalized spacial score (nSPS) is 14.4. The van der Waals surface area contributed by atoms with Crippen LogP contribution >= 0.6 is 0 Å². The minimum absolute atomic E-state index is 0.00308. The Morgan fingerprint density at radius 2 is 1.93 bits per heavy atom. The van der Waals surface area contributed by atoms with Crippen LogP contribution in [0.2, 0.25) is 0 Å². The molecule has 3 aromatic rings. The van der Waals surface area contributed by atoms with E-state index in [-0.39, 0.29) is 17.8 Å². The number of rotatable bonds is 7. The van der Waals surface area contributed by atoms with Crippen LogP contribution in [0.15, 0.2) is 35.1 Å². The summed E-state index contributed by atoms with van der Waals surface area (Å²) in [5, 5.41) is 31.4. The van der Waals surface area contributed by atoms with Crippen molar-refractivity contribution in [1.82, 2.24) is 15.3 Å². The van der Waals surface area contributed by atoms with Gasteiger partial charge in [-0.25, -0.2) is 9.61 Å². The second-order valence-corrected chi connectivity index (χ2v) is 6.68. The van der Waals surface area contributed by atoms with E-state index in [1.54, 1.807) is 12.3 Å². The van der Waals surface area contributed by atoms with Gasteiger partial charge < -0.3 is 20.2 Å². The maximum absolute atomic E-state index is 11.6. The van der Waals surface area contributed by atoms with E-state index in [1.807, 2.05) is 18.2 Å². The lowest BCUT2D eigenvalue weighted by atomic mass is 10.1. The van der Waals surface area contributed by atoms with Crippen molar-refractivity contribution in [1.29, 1.82) is 0 Å². The molecular formula is C18H21N7O4. The van der Waals surface area contributed by atoms with Gasteiger partial charge in [0.2, 0.25) is 5.52 Å². The average molecular weight is 399 g/mol. The minimum atomic E-state index is -0.489. The number of nitro groups is 1. The van der Waals surface area contributed by atoms with Crippen LogP contribution in [0.1, 0.15) is 6.42 Å². The van der Waals surface area contributed by atoms with Gasteiger partial charge in [0.25, 0.3) is 0 Å². The molecule has 1 aliphatic heterocycles. The topological polar surface area (TPSA) is 134 Å². The van der Waals surface area contributed by atoms with Crippen LogP contribution in [0.4, 0.5) is 22.9 Å². The number of fused-ring (bicyclic) bond motifs is 1. The number of hydrogen-bond donors (Lipinski definition) is 2. The van der Waals surface area contributed by atoms with E-state index in [0.29, 0.717) is 37.3 Å². The standard InChI is InChI=1S/C18H21N7O4/c26-11-3-6-19-13-12-14(16-17(22-29-21-16)18(13)25(27)28)23-7-9-24(10-8-23)15-4-1-2-5-20-15/h1-2,4-5,12,19,26H,3,6-11H2. The summed E-state index contributed by atoms with van der Waals surface area (Å²) in [5.41, 5.74) is 1.39. The molecule has 1 aromatic carbocycles. The predicted octanol–water partition coefficient (Wildman–Crippen LogP) is 1.65. The number of nitro benzene ring substituents is 1. The van der Waals surface area contributed by atoms with E-state index in [2.05, 4.69) is 30.4 Å². The highest BCUT2D eigenvalue weighted by molar-refractivity contribution is 5.99. The lowest BCUT2D eigenvalue weighted by Crippen LogP contribution is -2.47. The summed E-state index contributed by atoms with van der Waals surface area (Å²) in [6.07, 6.45) is 2.25. The largest absolute Gasteiger partial charge is 0.396 e. The molecule has 11 heteroatoms. The Kier molecular flexibility index (Phi) is 5.38. The molecule has 0 aliphatic carbocycles. The maximum atomic E-state index is 11.6. The van der Waals surface area contributed by atoms with Gasteiger partial charge in [0.15, 0.2) is 5.52 Å². The van der Waals surface area contributed by atoms with E-state index in [9.17, 15) is 10.1 Å². The summed E-state index contributed by atoms with van der Waals surface area (Å²) >= 11 is 0. The Morgan fingerprint density at radius 3 is 2.62 bits per heavy atom. The lowest BCUT2D eigenvalue weighted by molar-refractivity contribution is -0.382. The van der Waals surface area contributed by atoms with Crippen molar-refractivity contribution in [3.63, 3.8) is 0 Å². The number of pyridine rings is 1. The highest BCUT2D eigenvalue weighted by Crippen LogP contribution is 2.38. The average Bonchev–Trinajstić information content (AvgIpc) is 3.23. The summed E-state index contributed by atoms with van der Waals surface area (Å²) in [6, 6.07) is 7.54. The molecule has 2 aromatic heterocycles. The second-order valence-electron chi connectivity index (χ2n) is 6.68. The third kappa shape index (κ3) is 3.76. The molecule has 29 heavy (non-hydrogen) atoms. The summed E-state index contributed by atoms with van der Waals surface area (Å²) in [5.74, 6) is 0.926. The van der Waals surface area contributed by atoms with Gasteiger partial charge in [0.1, 0.15) is 11.5 Å². The fourth-order valence-electron chi connectivity index (χ4n) is 3.49. The Bertz CT molecular complexity index is 987. The molecule has 2 N–H and O–H groups in total. The van der Waals surface area contributed by atoms with Crippen molar-refractivity contribution >= 4 is 33.9 Å². The number of aliphatic hydroxyl groups excluding tert-OH is 1. The summed E-state index contributed by atoms with van der Waals surface area (Å²) in [7, 11) is 0. The smallest absolute Gasteiger partial charge is 0.323 e. The molecule has 152 valence electrons. The molecule has 0 atom stereocenters. The van der Waals surface area contributed by atoms with Crippen LogP contribution in [0.25, 0.3) is 11.0 Å². The monoisotopic (exact) mass is 399 g/mol. The van der Waals surface area contributed by atoms with Crippen LogP contribution in [0.3, 0.4) is 0 Å². The first-order valence-electron chi connectivity index (χ1n) is 9.38. The first-order chi connectivity index (χ1) is 14.2. The summed E-state index contributed by atoms with van der Waals surface area (Å²) in [6.45, 7) is 3.32. The molecule has 0 amide bonds. The molecule has 4 rings (SSSR count). The molecule has 1 fully saturated rings. The second kappa shape index (κ2) is 8.27. The quantitative estimate of drug-likeness (QED) is 0.343. The predicted molar refractivity (Wildman–Crippen MR) is 107 cm³/mol. The van der Waals surface area contributed by atoms with Crippen LogP contribution in [-0.4, -0.2) is 64.7 Å². The molecule has 11 nitrogen and oxygen atoms in total.